The Morgan fingerprint density at radius 2 is 1.88 bits per heavy atom. The summed E-state index contributed by atoms with van der Waals surface area (Å²) >= 11 is 0. The first-order valence-corrected chi connectivity index (χ1v) is 8.23. The Bertz CT molecular complexity index is 691. The van der Waals surface area contributed by atoms with E-state index in [9.17, 15) is 19.2 Å². The number of benzene rings is 1. The average molecular weight is 344 g/mol. The van der Waals surface area contributed by atoms with Crippen molar-refractivity contribution in [2.75, 3.05) is 13.1 Å². The number of hydrogen-bond acceptors (Lipinski definition) is 4. The molecule has 0 saturated carbocycles. The molecule has 0 aliphatic carbocycles. The normalized spacial score (nSPS) is 23.0. The van der Waals surface area contributed by atoms with Gasteiger partial charge in [-0.25, -0.2) is 4.79 Å². The Morgan fingerprint density at radius 1 is 1.12 bits per heavy atom. The predicted octanol–water partition coefficient (Wildman–Crippen LogP) is -0.456. The first-order chi connectivity index (χ1) is 12.0. The minimum absolute atomic E-state index is 0.0212. The van der Waals surface area contributed by atoms with Crippen LogP contribution in [0.3, 0.4) is 0 Å². The van der Waals surface area contributed by atoms with E-state index in [0.29, 0.717) is 13.0 Å². The summed E-state index contributed by atoms with van der Waals surface area (Å²) in [6.45, 7) is 0.454. The van der Waals surface area contributed by atoms with Crippen molar-refractivity contribution in [3.8, 4) is 0 Å². The van der Waals surface area contributed by atoms with E-state index in [0.717, 1.165) is 5.56 Å². The molecule has 2 fully saturated rings. The van der Waals surface area contributed by atoms with Gasteiger partial charge in [-0.3, -0.25) is 19.7 Å². The van der Waals surface area contributed by atoms with Gasteiger partial charge in [-0.2, -0.15) is 0 Å². The molecule has 0 spiro atoms. The number of rotatable bonds is 5. The minimum atomic E-state index is -0.685. The number of hydrogen-bond donors (Lipinski definition) is 3. The van der Waals surface area contributed by atoms with Crippen molar-refractivity contribution in [2.45, 2.75) is 31.3 Å². The fourth-order valence-corrected chi connectivity index (χ4v) is 3.12. The fraction of sp³-hybridized carbons (Fsp3) is 0.412. The van der Waals surface area contributed by atoms with Gasteiger partial charge in [-0.1, -0.05) is 30.3 Å². The van der Waals surface area contributed by atoms with Crippen molar-refractivity contribution >= 4 is 23.8 Å². The number of urea groups is 1. The monoisotopic (exact) mass is 344 g/mol. The lowest BCUT2D eigenvalue weighted by molar-refractivity contribution is -0.139. The van der Waals surface area contributed by atoms with E-state index in [2.05, 4.69) is 16.0 Å². The number of nitrogens with one attached hydrogen (secondary N) is 3. The van der Waals surface area contributed by atoms with Crippen LogP contribution in [0.15, 0.2) is 30.3 Å². The summed E-state index contributed by atoms with van der Waals surface area (Å²) in [6, 6.07) is 8.40. The highest BCUT2D eigenvalue weighted by atomic mass is 16.2. The number of nitrogens with zero attached hydrogens (tertiary/aromatic N) is 1. The van der Waals surface area contributed by atoms with E-state index in [1.807, 2.05) is 30.3 Å². The van der Waals surface area contributed by atoms with Crippen LogP contribution < -0.4 is 16.0 Å². The highest BCUT2D eigenvalue weighted by Gasteiger charge is 2.32. The third-order valence-corrected chi connectivity index (χ3v) is 4.32. The molecule has 2 heterocycles. The van der Waals surface area contributed by atoms with Crippen molar-refractivity contribution in [1.29, 1.82) is 0 Å². The van der Waals surface area contributed by atoms with Crippen LogP contribution in [0.5, 0.6) is 0 Å². The summed E-state index contributed by atoms with van der Waals surface area (Å²) < 4.78 is 0. The standard InChI is InChI=1S/C17H20N4O4/c22-14-10-21(9-12(18-14)8-11-4-2-1-3-5-11)15(23)7-6-13-16(24)20-17(25)19-13/h1-5,12-13H,6-10H2,(H,18,22)(H2,19,20,24,25)/t12-,13-/m0/s1. The Balaban J connectivity index is 1.54. The second kappa shape index (κ2) is 7.33. The lowest BCUT2D eigenvalue weighted by Crippen LogP contribution is -2.56. The number of carbonyl (C=O) groups is 4. The van der Waals surface area contributed by atoms with Crippen molar-refractivity contribution in [2.24, 2.45) is 0 Å². The Kier molecular flexibility index (Phi) is 4.97. The second-order valence-corrected chi connectivity index (χ2v) is 6.28. The fourth-order valence-electron chi connectivity index (χ4n) is 3.12. The van der Waals surface area contributed by atoms with Gasteiger partial charge >= 0.3 is 6.03 Å². The van der Waals surface area contributed by atoms with Crippen LogP contribution in [-0.4, -0.2) is 53.8 Å². The molecule has 2 aliphatic rings. The molecular weight excluding hydrogens is 324 g/mol. The van der Waals surface area contributed by atoms with Gasteiger partial charge in [0.05, 0.1) is 12.6 Å². The molecule has 3 rings (SSSR count). The van der Waals surface area contributed by atoms with E-state index in [1.165, 1.54) is 4.90 Å². The number of piperazine rings is 1. The van der Waals surface area contributed by atoms with Crippen molar-refractivity contribution in [3.63, 3.8) is 0 Å². The highest BCUT2D eigenvalue weighted by molar-refractivity contribution is 6.04. The molecule has 0 bridgehead atoms. The molecule has 0 unspecified atom stereocenters. The summed E-state index contributed by atoms with van der Waals surface area (Å²) in [5.41, 5.74) is 1.09. The third kappa shape index (κ3) is 4.34. The van der Waals surface area contributed by atoms with Gasteiger partial charge in [0, 0.05) is 13.0 Å². The highest BCUT2D eigenvalue weighted by Crippen LogP contribution is 2.11. The smallest absolute Gasteiger partial charge is 0.322 e. The summed E-state index contributed by atoms with van der Waals surface area (Å²) in [5.74, 6) is -0.801. The van der Waals surface area contributed by atoms with Crippen LogP contribution in [0.4, 0.5) is 4.79 Å². The topological polar surface area (TPSA) is 108 Å². The molecule has 1 aromatic carbocycles. The van der Waals surface area contributed by atoms with E-state index < -0.39 is 18.0 Å². The van der Waals surface area contributed by atoms with Crippen LogP contribution in [0.2, 0.25) is 0 Å². The first-order valence-electron chi connectivity index (χ1n) is 8.23. The number of amides is 5. The second-order valence-electron chi connectivity index (χ2n) is 6.28. The Hall–Kier alpha value is -2.90. The largest absolute Gasteiger partial charge is 0.350 e. The van der Waals surface area contributed by atoms with Crippen LogP contribution in [-0.2, 0) is 20.8 Å². The van der Waals surface area contributed by atoms with Crippen molar-refractivity contribution in [1.82, 2.24) is 20.9 Å². The molecule has 2 atom stereocenters. The van der Waals surface area contributed by atoms with Crippen molar-refractivity contribution in [3.05, 3.63) is 35.9 Å². The molecule has 2 saturated heterocycles. The van der Waals surface area contributed by atoms with Gasteiger partial charge in [-0.05, 0) is 18.4 Å². The molecule has 5 amide bonds. The van der Waals surface area contributed by atoms with Gasteiger partial charge in [-0.15, -0.1) is 0 Å². The molecule has 2 aliphatic heterocycles. The maximum Gasteiger partial charge on any atom is 0.322 e. The van der Waals surface area contributed by atoms with E-state index in [4.69, 9.17) is 0 Å². The lowest BCUT2D eigenvalue weighted by atomic mass is 10.0. The van der Waals surface area contributed by atoms with E-state index in [1.54, 1.807) is 0 Å². The Morgan fingerprint density at radius 3 is 2.56 bits per heavy atom. The summed E-state index contributed by atoms with van der Waals surface area (Å²) in [6.07, 6.45) is 0.971. The molecule has 0 radical (unpaired) electrons. The summed E-state index contributed by atoms with van der Waals surface area (Å²) in [5, 5.41) is 7.50. The zero-order valence-corrected chi connectivity index (χ0v) is 13.7. The SMILES string of the molecule is O=C1CN(C(=O)CC[C@@H]2NC(=O)NC2=O)C[C@H](Cc2ccccc2)N1. The summed E-state index contributed by atoms with van der Waals surface area (Å²) in [7, 11) is 0. The van der Waals surface area contributed by atoms with Gasteiger partial charge in [0.25, 0.3) is 5.91 Å². The van der Waals surface area contributed by atoms with Crippen LogP contribution in [0, 0.1) is 0 Å². The van der Waals surface area contributed by atoms with E-state index in [-0.39, 0.29) is 37.2 Å². The zero-order valence-electron chi connectivity index (χ0n) is 13.7. The maximum atomic E-state index is 12.4. The average Bonchev–Trinajstić information content (AvgIpc) is 2.90. The Labute approximate surface area is 144 Å². The van der Waals surface area contributed by atoms with Gasteiger partial charge in [0.1, 0.15) is 6.04 Å². The van der Waals surface area contributed by atoms with Crippen LogP contribution in [0.25, 0.3) is 0 Å². The van der Waals surface area contributed by atoms with E-state index >= 15 is 0 Å². The maximum absolute atomic E-state index is 12.4. The number of carbonyl (C=O) groups excluding carboxylic acids is 4. The predicted molar refractivity (Wildman–Crippen MR) is 88.4 cm³/mol. The molecular formula is C17H20N4O4. The lowest BCUT2D eigenvalue weighted by Gasteiger charge is -2.33. The number of imide groups is 1. The van der Waals surface area contributed by atoms with Gasteiger partial charge < -0.3 is 15.5 Å². The van der Waals surface area contributed by atoms with Gasteiger partial charge in [0.2, 0.25) is 11.8 Å². The first kappa shape index (κ1) is 16.9. The van der Waals surface area contributed by atoms with Gasteiger partial charge in [0.15, 0.2) is 0 Å². The summed E-state index contributed by atoms with van der Waals surface area (Å²) in [4.78, 5) is 48.4. The van der Waals surface area contributed by atoms with Crippen molar-refractivity contribution < 1.29 is 19.2 Å². The van der Waals surface area contributed by atoms with Crippen LogP contribution in [0.1, 0.15) is 18.4 Å². The molecule has 132 valence electrons. The molecule has 8 heteroatoms. The minimum Gasteiger partial charge on any atom is -0.350 e. The van der Waals surface area contributed by atoms with Crippen LogP contribution >= 0.6 is 0 Å². The quantitative estimate of drug-likeness (QED) is 0.629. The molecule has 8 nitrogen and oxygen atoms in total. The molecule has 0 aromatic heterocycles. The molecule has 25 heavy (non-hydrogen) atoms. The molecule has 1 aromatic rings. The zero-order chi connectivity index (χ0) is 17.8. The third-order valence-electron chi connectivity index (χ3n) is 4.32. The molecule has 3 N–H and O–H groups in total.